The largest absolute Gasteiger partial charge is 0.497 e. The van der Waals surface area contributed by atoms with Crippen LogP contribution >= 0.6 is 0 Å². The van der Waals surface area contributed by atoms with E-state index in [0.717, 1.165) is 29.9 Å². The van der Waals surface area contributed by atoms with E-state index < -0.39 is 5.63 Å². The van der Waals surface area contributed by atoms with Crippen molar-refractivity contribution in [3.05, 3.63) is 64.5 Å². The minimum absolute atomic E-state index is 0.00241. The molecule has 156 valence electrons. The molecule has 3 aromatic rings. The van der Waals surface area contributed by atoms with Crippen LogP contribution in [0.2, 0.25) is 0 Å². The lowest BCUT2D eigenvalue weighted by atomic mass is 10.1. The van der Waals surface area contributed by atoms with Gasteiger partial charge in [0.05, 0.1) is 26.3 Å². The highest BCUT2D eigenvalue weighted by Crippen LogP contribution is 2.28. The Labute approximate surface area is 174 Å². The highest BCUT2D eigenvalue weighted by molar-refractivity contribution is 5.88. The molecular weight excluding hydrogens is 384 g/mol. The number of benzene rings is 2. The summed E-state index contributed by atoms with van der Waals surface area (Å²) in [5, 5.41) is 0.747. The number of ether oxygens (including phenoxy) is 2. The van der Waals surface area contributed by atoms with Crippen molar-refractivity contribution in [2.75, 3.05) is 45.3 Å². The van der Waals surface area contributed by atoms with Crippen molar-refractivity contribution in [2.45, 2.75) is 6.42 Å². The van der Waals surface area contributed by atoms with E-state index in [1.807, 2.05) is 35.2 Å². The van der Waals surface area contributed by atoms with Crippen LogP contribution in [0.15, 0.2) is 57.7 Å². The fourth-order valence-corrected chi connectivity index (χ4v) is 3.85. The minimum Gasteiger partial charge on any atom is -0.497 e. The van der Waals surface area contributed by atoms with Crippen molar-refractivity contribution < 1.29 is 18.7 Å². The predicted octanol–water partition coefficient (Wildman–Crippen LogP) is 2.70. The molecule has 0 bridgehead atoms. The maximum absolute atomic E-state index is 12.9. The van der Waals surface area contributed by atoms with Gasteiger partial charge < -0.3 is 23.7 Å². The molecule has 2 heterocycles. The van der Waals surface area contributed by atoms with Gasteiger partial charge in [-0.2, -0.15) is 0 Å². The smallest absolute Gasteiger partial charge is 0.336 e. The average Bonchev–Trinajstić information content (AvgIpc) is 2.78. The van der Waals surface area contributed by atoms with Gasteiger partial charge >= 0.3 is 5.63 Å². The van der Waals surface area contributed by atoms with Gasteiger partial charge in [0.2, 0.25) is 5.91 Å². The third kappa shape index (κ3) is 3.96. The second-order valence-corrected chi connectivity index (χ2v) is 7.17. The van der Waals surface area contributed by atoms with Crippen LogP contribution in [0.4, 0.5) is 5.69 Å². The van der Waals surface area contributed by atoms with Crippen LogP contribution < -0.4 is 20.0 Å². The highest BCUT2D eigenvalue weighted by Gasteiger charge is 2.23. The number of methoxy groups -OCH3 is 2. The fraction of sp³-hybridized carbons (Fsp3) is 0.304. The first-order valence-electron chi connectivity index (χ1n) is 9.85. The first-order chi connectivity index (χ1) is 14.6. The molecule has 0 aliphatic carbocycles. The maximum Gasteiger partial charge on any atom is 0.336 e. The number of fused-ring (bicyclic) bond motifs is 1. The molecule has 30 heavy (non-hydrogen) atoms. The molecule has 0 N–H and O–H groups in total. The van der Waals surface area contributed by atoms with Crippen molar-refractivity contribution >= 4 is 22.6 Å². The third-order valence-corrected chi connectivity index (χ3v) is 5.44. The van der Waals surface area contributed by atoms with Gasteiger partial charge in [-0.1, -0.05) is 12.1 Å². The lowest BCUT2D eigenvalue weighted by Gasteiger charge is -2.36. The van der Waals surface area contributed by atoms with Gasteiger partial charge in [0.1, 0.15) is 17.1 Å². The quantitative estimate of drug-likeness (QED) is 0.605. The zero-order valence-electron chi connectivity index (χ0n) is 17.1. The number of nitrogens with zero attached hydrogens (tertiary/aromatic N) is 2. The molecule has 7 nitrogen and oxygen atoms in total. The van der Waals surface area contributed by atoms with Crippen molar-refractivity contribution in [3.63, 3.8) is 0 Å². The van der Waals surface area contributed by atoms with Crippen molar-refractivity contribution in [1.29, 1.82) is 0 Å². The lowest BCUT2D eigenvalue weighted by Crippen LogP contribution is -2.49. The first kappa shape index (κ1) is 19.8. The molecule has 1 aliphatic rings. The fourth-order valence-electron chi connectivity index (χ4n) is 3.85. The van der Waals surface area contributed by atoms with Gasteiger partial charge in [-0.25, -0.2) is 4.79 Å². The Morgan fingerprint density at radius 2 is 1.77 bits per heavy atom. The number of hydrogen-bond acceptors (Lipinski definition) is 6. The number of carbonyl (C=O) groups excluding carboxylic acids is 1. The topological polar surface area (TPSA) is 72.2 Å². The average molecular weight is 408 g/mol. The monoisotopic (exact) mass is 408 g/mol. The molecule has 1 fully saturated rings. The van der Waals surface area contributed by atoms with Gasteiger partial charge in [-0.3, -0.25) is 4.79 Å². The summed E-state index contributed by atoms with van der Waals surface area (Å²) in [4.78, 5) is 29.0. The van der Waals surface area contributed by atoms with Crippen molar-refractivity contribution in [2.24, 2.45) is 0 Å². The van der Waals surface area contributed by atoms with Gasteiger partial charge in [0.25, 0.3) is 0 Å². The number of carbonyl (C=O) groups is 1. The lowest BCUT2D eigenvalue weighted by molar-refractivity contribution is -0.130. The molecule has 1 aromatic heterocycles. The van der Waals surface area contributed by atoms with E-state index in [-0.39, 0.29) is 12.3 Å². The Morgan fingerprint density at radius 1 is 1.00 bits per heavy atom. The molecule has 2 aromatic carbocycles. The Balaban J connectivity index is 1.47. The van der Waals surface area contributed by atoms with E-state index in [1.54, 1.807) is 26.4 Å². The SMILES string of the molecule is COc1ccc2c(CC(=O)N3CCN(c4ccccc4OC)CC3)cc(=O)oc2c1. The van der Waals surface area contributed by atoms with Gasteiger partial charge in [-0.15, -0.1) is 0 Å². The zero-order valence-corrected chi connectivity index (χ0v) is 17.1. The minimum atomic E-state index is -0.473. The summed E-state index contributed by atoms with van der Waals surface area (Å²) in [5.41, 5.74) is 1.65. The number of piperazine rings is 1. The summed E-state index contributed by atoms with van der Waals surface area (Å²) in [5.74, 6) is 1.43. The maximum atomic E-state index is 12.9. The molecule has 1 aliphatic heterocycles. The second kappa shape index (κ2) is 8.49. The molecular formula is C23H24N2O5. The van der Waals surface area contributed by atoms with Crippen LogP contribution in [0.5, 0.6) is 11.5 Å². The summed E-state index contributed by atoms with van der Waals surface area (Å²) in [6.45, 7) is 2.68. The molecule has 0 saturated carbocycles. The summed E-state index contributed by atoms with van der Waals surface area (Å²) in [6, 6.07) is 14.6. The van der Waals surface area contributed by atoms with Crippen LogP contribution in [-0.2, 0) is 11.2 Å². The zero-order chi connectivity index (χ0) is 21.1. The Hall–Kier alpha value is -3.48. The first-order valence-corrected chi connectivity index (χ1v) is 9.85. The summed E-state index contributed by atoms with van der Waals surface area (Å²) in [7, 11) is 3.21. The molecule has 0 radical (unpaired) electrons. The van der Waals surface area contributed by atoms with E-state index >= 15 is 0 Å². The Morgan fingerprint density at radius 3 is 2.50 bits per heavy atom. The Kier molecular flexibility index (Phi) is 5.61. The van der Waals surface area contributed by atoms with Crippen LogP contribution in [0.25, 0.3) is 11.0 Å². The number of amides is 1. The molecule has 4 rings (SSSR count). The summed E-state index contributed by atoms with van der Waals surface area (Å²) < 4.78 is 15.9. The van der Waals surface area contributed by atoms with Crippen LogP contribution in [0, 0.1) is 0 Å². The van der Waals surface area contributed by atoms with Crippen molar-refractivity contribution in [3.8, 4) is 11.5 Å². The molecule has 0 atom stereocenters. The van der Waals surface area contributed by atoms with Gasteiger partial charge in [0, 0.05) is 43.7 Å². The number of anilines is 1. The van der Waals surface area contributed by atoms with Gasteiger partial charge in [-0.05, 0) is 29.8 Å². The molecule has 0 spiro atoms. The summed E-state index contributed by atoms with van der Waals surface area (Å²) in [6.07, 6.45) is 0.156. The van der Waals surface area contributed by atoms with Gasteiger partial charge in [0.15, 0.2) is 0 Å². The number of para-hydroxylation sites is 2. The Bertz CT molecular complexity index is 1120. The third-order valence-electron chi connectivity index (χ3n) is 5.44. The number of rotatable bonds is 5. The van der Waals surface area contributed by atoms with E-state index in [0.29, 0.717) is 30.0 Å². The number of hydrogen-bond donors (Lipinski definition) is 0. The normalized spacial score (nSPS) is 14.1. The van der Waals surface area contributed by atoms with E-state index in [2.05, 4.69) is 4.90 Å². The molecule has 1 amide bonds. The standard InChI is InChI=1S/C23H24N2O5/c1-28-17-7-8-18-16(14-23(27)30-21(18)15-17)13-22(26)25-11-9-24(10-12-25)19-5-3-4-6-20(19)29-2/h3-8,14-15H,9-13H2,1-2H3. The predicted molar refractivity (Wildman–Crippen MR) is 115 cm³/mol. The van der Waals surface area contributed by atoms with Crippen LogP contribution in [-0.4, -0.2) is 51.2 Å². The van der Waals surface area contributed by atoms with E-state index in [9.17, 15) is 9.59 Å². The van der Waals surface area contributed by atoms with E-state index in [4.69, 9.17) is 13.9 Å². The molecule has 0 unspecified atom stereocenters. The second-order valence-electron chi connectivity index (χ2n) is 7.17. The van der Waals surface area contributed by atoms with E-state index in [1.165, 1.54) is 6.07 Å². The van der Waals surface area contributed by atoms with Crippen LogP contribution in [0.1, 0.15) is 5.56 Å². The highest BCUT2D eigenvalue weighted by atomic mass is 16.5. The molecule has 1 saturated heterocycles. The molecule has 7 heteroatoms. The summed E-state index contributed by atoms with van der Waals surface area (Å²) >= 11 is 0. The van der Waals surface area contributed by atoms with Crippen molar-refractivity contribution in [1.82, 2.24) is 4.90 Å². The van der Waals surface area contributed by atoms with Crippen LogP contribution in [0.3, 0.4) is 0 Å².